The van der Waals surface area contributed by atoms with Gasteiger partial charge in [-0.1, -0.05) is 79.7 Å². The first kappa shape index (κ1) is 33.8. The van der Waals surface area contributed by atoms with Crippen LogP contribution in [0.5, 0.6) is 11.5 Å². The van der Waals surface area contributed by atoms with Crippen molar-refractivity contribution in [3.8, 4) is 11.5 Å². The van der Waals surface area contributed by atoms with E-state index in [1.807, 2.05) is 13.8 Å². The molecule has 2 atom stereocenters. The molecule has 2 saturated heterocycles. The highest BCUT2D eigenvalue weighted by molar-refractivity contribution is 5.48. The Morgan fingerprint density at radius 2 is 0.977 bits per heavy atom. The number of ether oxygens (including phenoxy) is 4. The van der Waals surface area contributed by atoms with E-state index in [0.29, 0.717) is 49.8 Å². The van der Waals surface area contributed by atoms with E-state index in [4.69, 9.17) is 18.9 Å². The number of aromatic hydroxyl groups is 2. The van der Waals surface area contributed by atoms with Gasteiger partial charge < -0.3 is 29.2 Å². The minimum atomic E-state index is -0.254. The summed E-state index contributed by atoms with van der Waals surface area (Å²) in [5.74, 6) is 1.48. The number of hydrogen-bond donors (Lipinski definition) is 2. The predicted molar refractivity (Wildman–Crippen MR) is 172 cm³/mol. The van der Waals surface area contributed by atoms with Crippen LogP contribution in [0.15, 0.2) is 24.3 Å². The van der Waals surface area contributed by atoms with Crippen LogP contribution in [0.2, 0.25) is 0 Å². The summed E-state index contributed by atoms with van der Waals surface area (Å²) in [6, 6.07) is 8.53. The smallest absolute Gasteiger partial charge is 0.157 e. The number of phenols is 2. The molecule has 2 aromatic rings. The predicted octanol–water partition coefficient (Wildman–Crippen LogP) is 8.51. The van der Waals surface area contributed by atoms with Gasteiger partial charge in [-0.25, -0.2) is 0 Å². The third kappa shape index (κ3) is 8.13. The third-order valence-electron chi connectivity index (χ3n) is 9.37. The standard InChI is InChI=1S/C37H56O6/c1-23(27-15-25(3)33(38)29(17-27)35(5,6)7)11-13-31-40-19-37(20-41-31)21-42-32(43-22-37)14-12-24(2)28-16-26(4)34(39)30(18-28)36(8,9)10/h15-18,23-24,31-32,38-39H,11-14,19-22H2,1-10H3. The maximum Gasteiger partial charge on any atom is 0.157 e. The van der Waals surface area contributed by atoms with Crippen molar-refractivity contribution < 1.29 is 29.2 Å². The van der Waals surface area contributed by atoms with Gasteiger partial charge in [0, 0.05) is 0 Å². The minimum Gasteiger partial charge on any atom is -0.507 e. The van der Waals surface area contributed by atoms with E-state index in [1.165, 1.54) is 11.1 Å². The van der Waals surface area contributed by atoms with Crippen molar-refractivity contribution in [1.82, 2.24) is 0 Å². The van der Waals surface area contributed by atoms with Crippen LogP contribution in [0.3, 0.4) is 0 Å². The van der Waals surface area contributed by atoms with Gasteiger partial charge in [-0.05, 0) is 95.6 Å². The fraction of sp³-hybridized carbons (Fsp3) is 0.676. The molecule has 0 bridgehead atoms. The Hall–Kier alpha value is -2.12. The number of phenolic OH excluding ortho intramolecular Hbond substituents is 2. The van der Waals surface area contributed by atoms with Crippen LogP contribution in [0.1, 0.15) is 126 Å². The highest BCUT2D eigenvalue weighted by atomic mass is 16.7. The largest absolute Gasteiger partial charge is 0.507 e. The fourth-order valence-electron chi connectivity index (χ4n) is 6.19. The van der Waals surface area contributed by atoms with Crippen LogP contribution in [0.25, 0.3) is 0 Å². The molecule has 43 heavy (non-hydrogen) atoms. The Morgan fingerprint density at radius 1 is 0.651 bits per heavy atom. The van der Waals surface area contributed by atoms with E-state index in [2.05, 4.69) is 79.7 Å². The Labute approximate surface area is 260 Å². The highest BCUT2D eigenvalue weighted by Crippen LogP contribution is 2.39. The van der Waals surface area contributed by atoms with Gasteiger partial charge in [0.2, 0.25) is 0 Å². The van der Waals surface area contributed by atoms with E-state index in [0.717, 1.165) is 47.9 Å². The van der Waals surface area contributed by atoms with Crippen molar-refractivity contribution in [2.75, 3.05) is 26.4 Å². The Balaban J connectivity index is 1.22. The average molecular weight is 597 g/mol. The SMILES string of the molecule is Cc1cc(C(C)CCC2OCC3(CO2)COC(CCC(C)c2cc(C)c(O)c(C(C)(C)C)c2)OC3)cc(C(C)(C)C)c1O. The van der Waals surface area contributed by atoms with E-state index in [9.17, 15) is 10.2 Å². The van der Waals surface area contributed by atoms with Crippen LogP contribution in [0, 0.1) is 19.3 Å². The molecule has 2 N–H and O–H groups in total. The molecule has 6 heteroatoms. The van der Waals surface area contributed by atoms with Crippen molar-refractivity contribution in [1.29, 1.82) is 0 Å². The monoisotopic (exact) mass is 596 g/mol. The second-order valence-electron chi connectivity index (χ2n) is 15.5. The molecule has 0 amide bonds. The molecular formula is C37H56O6. The van der Waals surface area contributed by atoms with Crippen LogP contribution >= 0.6 is 0 Å². The topological polar surface area (TPSA) is 77.4 Å². The summed E-state index contributed by atoms with van der Waals surface area (Å²) >= 11 is 0. The lowest BCUT2D eigenvalue weighted by Crippen LogP contribution is -2.52. The average Bonchev–Trinajstić information content (AvgIpc) is 2.93. The second kappa shape index (κ2) is 13.1. The lowest BCUT2D eigenvalue weighted by molar-refractivity contribution is -0.304. The van der Waals surface area contributed by atoms with Gasteiger partial charge in [-0.15, -0.1) is 0 Å². The minimum absolute atomic E-state index is 0.113. The maximum absolute atomic E-state index is 10.6. The second-order valence-corrected chi connectivity index (χ2v) is 15.5. The summed E-state index contributed by atoms with van der Waals surface area (Å²) in [6.07, 6.45) is 3.07. The van der Waals surface area contributed by atoms with Gasteiger partial charge in [0.25, 0.3) is 0 Å². The van der Waals surface area contributed by atoms with Gasteiger partial charge in [0.15, 0.2) is 12.6 Å². The summed E-state index contributed by atoms with van der Waals surface area (Å²) in [4.78, 5) is 0. The number of hydrogen-bond acceptors (Lipinski definition) is 6. The molecule has 6 nitrogen and oxygen atoms in total. The molecule has 2 aromatic carbocycles. The number of benzene rings is 2. The Bertz CT molecular complexity index is 1140. The molecule has 2 unspecified atom stereocenters. The first-order valence-corrected chi connectivity index (χ1v) is 16.1. The van der Waals surface area contributed by atoms with E-state index >= 15 is 0 Å². The molecule has 0 aliphatic carbocycles. The summed E-state index contributed by atoms with van der Waals surface area (Å²) in [7, 11) is 0. The molecule has 0 saturated carbocycles. The molecule has 1 spiro atoms. The van der Waals surface area contributed by atoms with Gasteiger partial charge in [-0.2, -0.15) is 0 Å². The zero-order valence-corrected chi connectivity index (χ0v) is 28.3. The summed E-state index contributed by atoms with van der Waals surface area (Å²) in [5.41, 5.74) is 5.86. The molecule has 2 aliphatic rings. The lowest BCUT2D eigenvalue weighted by atomic mass is 9.82. The van der Waals surface area contributed by atoms with E-state index in [-0.39, 0.29) is 28.8 Å². The molecule has 4 rings (SSSR count). The van der Waals surface area contributed by atoms with E-state index < -0.39 is 0 Å². The first-order valence-electron chi connectivity index (χ1n) is 16.1. The van der Waals surface area contributed by atoms with Gasteiger partial charge in [0.05, 0.1) is 31.8 Å². The van der Waals surface area contributed by atoms with Crippen molar-refractivity contribution in [2.24, 2.45) is 5.41 Å². The van der Waals surface area contributed by atoms with Crippen molar-refractivity contribution >= 4 is 0 Å². The maximum atomic E-state index is 10.6. The normalized spacial score (nSPS) is 24.7. The molecule has 2 fully saturated rings. The highest BCUT2D eigenvalue weighted by Gasteiger charge is 2.42. The third-order valence-corrected chi connectivity index (χ3v) is 9.37. The van der Waals surface area contributed by atoms with Gasteiger partial charge in [0.1, 0.15) is 11.5 Å². The van der Waals surface area contributed by atoms with Crippen molar-refractivity contribution in [3.05, 3.63) is 57.6 Å². The molecule has 0 radical (unpaired) electrons. The molecular weight excluding hydrogens is 540 g/mol. The Morgan fingerprint density at radius 3 is 1.28 bits per heavy atom. The zero-order valence-electron chi connectivity index (χ0n) is 28.3. The van der Waals surface area contributed by atoms with Crippen LogP contribution < -0.4 is 0 Å². The number of aryl methyl sites for hydroxylation is 2. The van der Waals surface area contributed by atoms with Crippen LogP contribution in [0.4, 0.5) is 0 Å². The quantitative estimate of drug-likeness (QED) is 0.318. The molecule has 2 heterocycles. The van der Waals surface area contributed by atoms with Crippen LogP contribution in [-0.4, -0.2) is 49.2 Å². The zero-order chi connectivity index (χ0) is 31.7. The van der Waals surface area contributed by atoms with Crippen LogP contribution in [-0.2, 0) is 29.8 Å². The molecule has 240 valence electrons. The van der Waals surface area contributed by atoms with Gasteiger partial charge >= 0.3 is 0 Å². The Kier molecular flexibility index (Phi) is 10.3. The van der Waals surface area contributed by atoms with E-state index in [1.54, 1.807) is 0 Å². The van der Waals surface area contributed by atoms with Crippen molar-refractivity contribution in [3.63, 3.8) is 0 Å². The first-order chi connectivity index (χ1) is 20.0. The summed E-state index contributed by atoms with van der Waals surface area (Å²) < 4.78 is 24.7. The summed E-state index contributed by atoms with van der Waals surface area (Å²) in [5, 5.41) is 21.2. The summed E-state index contributed by atoms with van der Waals surface area (Å²) in [6.45, 7) is 23.5. The van der Waals surface area contributed by atoms with Gasteiger partial charge in [-0.3, -0.25) is 0 Å². The molecule has 0 aromatic heterocycles. The number of rotatable bonds is 8. The molecule has 2 aliphatic heterocycles. The van der Waals surface area contributed by atoms with Crippen molar-refractivity contribution in [2.45, 2.75) is 130 Å². The fourth-order valence-corrected chi connectivity index (χ4v) is 6.19. The lowest BCUT2D eigenvalue weighted by Gasteiger charge is -2.44.